The van der Waals surface area contributed by atoms with Crippen LogP contribution < -0.4 is 0 Å². The lowest BCUT2D eigenvalue weighted by molar-refractivity contribution is -0.137. The molecule has 0 aliphatic heterocycles. The molecule has 1 heterocycles. The number of hydrogen-bond acceptors (Lipinski definition) is 5. The molecule has 1 aromatic heterocycles. The van der Waals surface area contributed by atoms with E-state index in [4.69, 9.17) is 11.6 Å². The second-order valence-corrected chi connectivity index (χ2v) is 7.31. The van der Waals surface area contributed by atoms with Crippen molar-refractivity contribution in [3.05, 3.63) is 34.6 Å². The first-order valence-electron chi connectivity index (χ1n) is 7.35. The average Bonchev–Trinajstić information content (AvgIpc) is 3.05. The first kappa shape index (κ1) is 20.2. The van der Waals surface area contributed by atoms with E-state index in [2.05, 4.69) is 15.2 Å². The molecule has 0 aliphatic carbocycles. The number of nitrogens with one attached hydrogen (secondary N) is 1. The molecule has 2 rings (SSSR count). The number of sulfone groups is 1. The van der Waals surface area contributed by atoms with Crippen molar-refractivity contribution in [1.82, 2.24) is 20.1 Å². The summed E-state index contributed by atoms with van der Waals surface area (Å²) >= 11 is 5.71. The lowest BCUT2D eigenvalue weighted by atomic mass is 10.2. The van der Waals surface area contributed by atoms with Gasteiger partial charge >= 0.3 is 6.18 Å². The monoisotopic (exact) mass is 410 g/mol. The van der Waals surface area contributed by atoms with Crippen LogP contribution in [0.2, 0.25) is 5.02 Å². The first-order chi connectivity index (χ1) is 12.0. The summed E-state index contributed by atoms with van der Waals surface area (Å²) in [5.41, 5.74) is -1.09. The lowest BCUT2D eigenvalue weighted by Crippen LogP contribution is -2.31. The van der Waals surface area contributed by atoms with Gasteiger partial charge in [-0.05, 0) is 32.0 Å². The van der Waals surface area contributed by atoms with Gasteiger partial charge in [-0.1, -0.05) is 11.6 Å². The molecular formula is C14H14ClF3N4O3S. The van der Waals surface area contributed by atoms with E-state index in [1.165, 1.54) is 4.90 Å². The quantitative estimate of drug-likeness (QED) is 0.817. The number of aromatic amines is 1. The van der Waals surface area contributed by atoms with Crippen LogP contribution in [0.25, 0.3) is 0 Å². The van der Waals surface area contributed by atoms with Crippen LogP contribution in [0.5, 0.6) is 0 Å². The molecular weight excluding hydrogens is 397 g/mol. The summed E-state index contributed by atoms with van der Waals surface area (Å²) in [5.74, 6) is -0.849. The van der Waals surface area contributed by atoms with Gasteiger partial charge in [-0.2, -0.15) is 18.2 Å². The smallest absolute Gasteiger partial charge is 0.337 e. The molecule has 0 saturated carbocycles. The number of alkyl halides is 3. The van der Waals surface area contributed by atoms with Crippen LogP contribution in [0.4, 0.5) is 13.2 Å². The zero-order valence-corrected chi connectivity index (χ0v) is 15.2. The van der Waals surface area contributed by atoms with E-state index >= 15 is 0 Å². The van der Waals surface area contributed by atoms with Crippen LogP contribution in [0.1, 0.15) is 30.0 Å². The predicted octanol–water partition coefficient (Wildman–Crippen LogP) is 2.79. The Kier molecular flexibility index (Phi) is 5.61. The number of carbonyl (C=O) groups is 1. The summed E-state index contributed by atoms with van der Waals surface area (Å²) in [5, 5.41) is 4.35. The Bertz CT molecular complexity index is 924. The second kappa shape index (κ2) is 7.23. The van der Waals surface area contributed by atoms with E-state index in [-0.39, 0.29) is 5.82 Å². The molecule has 0 bridgehead atoms. The van der Waals surface area contributed by atoms with Gasteiger partial charge in [0, 0.05) is 13.1 Å². The third kappa shape index (κ3) is 3.83. The molecule has 7 nitrogen and oxygen atoms in total. The molecule has 12 heteroatoms. The van der Waals surface area contributed by atoms with Crippen molar-refractivity contribution >= 4 is 27.3 Å². The van der Waals surface area contributed by atoms with E-state index in [0.29, 0.717) is 25.2 Å². The molecule has 0 atom stereocenters. The van der Waals surface area contributed by atoms with Crippen LogP contribution >= 0.6 is 11.6 Å². The fourth-order valence-electron chi connectivity index (χ4n) is 2.12. The molecule has 2 aromatic rings. The van der Waals surface area contributed by atoms with E-state index in [9.17, 15) is 26.4 Å². The highest BCUT2D eigenvalue weighted by atomic mass is 35.5. The third-order valence-corrected chi connectivity index (χ3v) is 5.53. The van der Waals surface area contributed by atoms with Gasteiger partial charge in [0.15, 0.2) is 0 Å². The van der Waals surface area contributed by atoms with Crippen LogP contribution in [-0.2, 0) is 16.0 Å². The minimum absolute atomic E-state index is 0.296. The summed E-state index contributed by atoms with van der Waals surface area (Å²) < 4.78 is 63.1. The first-order valence-corrected chi connectivity index (χ1v) is 9.22. The highest BCUT2D eigenvalue weighted by Crippen LogP contribution is 2.34. The summed E-state index contributed by atoms with van der Waals surface area (Å²) in [7, 11) is -4.41. The third-order valence-electron chi connectivity index (χ3n) is 3.51. The number of benzene rings is 1. The van der Waals surface area contributed by atoms with Crippen molar-refractivity contribution in [2.24, 2.45) is 0 Å². The summed E-state index contributed by atoms with van der Waals surface area (Å²) in [6.45, 7) is 4.22. The maximum atomic E-state index is 12.7. The van der Waals surface area contributed by atoms with Gasteiger partial charge in [-0.3, -0.25) is 9.89 Å². The Hall–Kier alpha value is -2.14. The van der Waals surface area contributed by atoms with Crippen LogP contribution in [0.3, 0.4) is 0 Å². The average molecular weight is 411 g/mol. The molecule has 1 aromatic carbocycles. The number of H-pyrrole nitrogens is 1. The highest BCUT2D eigenvalue weighted by Gasteiger charge is 2.33. The molecule has 142 valence electrons. The maximum Gasteiger partial charge on any atom is 0.416 e. The fourth-order valence-corrected chi connectivity index (χ4v) is 3.74. The number of carbonyl (C=O) groups excluding carboxylic acids is 1. The second-order valence-electron chi connectivity index (χ2n) is 5.09. The predicted molar refractivity (Wildman–Crippen MR) is 85.5 cm³/mol. The van der Waals surface area contributed by atoms with Crippen molar-refractivity contribution in [2.75, 3.05) is 13.1 Å². The van der Waals surface area contributed by atoms with Gasteiger partial charge in [0.2, 0.25) is 15.7 Å². The Balaban J connectivity index is 2.42. The Labute approximate surface area is 152 Å². The van der Waals surface area contributed by atoms with Crippen molar-refractivity contribution in [3.8, 4) is 0 Å². The fraction of sp³-hybridized carbons (Fsp3) is 0.357. The number of hydrogen-bond donors (Lipinski definition) is 1. The van der Waals surface area contributed by atoms with Gasteiger partial charge in [-0.25, -0.2) is 8.42 Å². The summed E-state index contributed by atoms with van der Waals surface area (Å²) in [6.07, 6.45) is -4.67. The molecule has 0 saturated heterocycles. The molecule has 1 N–H and O–H groups in total. The highest BCUT2D eigenvalue weighted by molar-refractivity contribution is 7.91. The van der Waals surface area contributed by atoms with Gasteiger partial charge in [0.1, 0.15) is 0 Å². The molecule has 0 spiro atoms. The van der Waals surface area contributed by atoms with E-state index in [0.717, 1.165) is 6.07 Å². The zero-order chi connectivity index (χ0) is 19.7. The molecule has 0 aliphatic rings. The maximum absolute atomic E-state index is 12.7. The Morgan fingerprint density at radius 3 is 2.38 bits per heavy atom. The van der Waals surface area contributed by atoms with Crippen molar-refractivity contribution in [2.45, 2.75) is 30.1 Å². The minimum atomic E-state index is -4.67. The van der Waals surface area contributed by atoms with Crippen LogP contribution in [0, 0.1) is 0 Å². The molecule has 0 unspecified atom stereocenters. The topological polar surface area (TPSA) is 96.0 Å². The SMILES string of the molecule is CCN(CC)C(=O)c1nc(S(=O)(=O)c2ccc(C(F)(F)F)cc2Cl)n[nH]1. The number of amides is 1. The lowest BCUT2D eigenvalue weighted by Gasteiger charge is -2.16. The zero-order valence-electron chi connectivity index (χ0n) is 13.6. The van der Waals surface area contributed by atoms with Crippen molar-refractivity contribution in [3.63, 3.8) is 0 Å². The van der Waals surface area contributed by atoms with Crippen molar-refractivity contribution < 1.29 is 26.4 Å². The van der Waals surface area contributed by atoms with Gasteiger partial charge in [0.05, 0.1) is 15.5 Å². The van der Waals surface area contributed by atoms with E-state index in [1.807, 2.05) is 0 Å². The van der Waals surface area contributed by atoms with E-state index in [1.54, 1.807) is 13.8 Å². The minimum Gasteiger partial charge on any atom is -0.337 e. The normalized spacial score (nSPS) is 12.2. The van der Waals surface area contributed by atoms with E-state index < -0.39 is 42.6 Å². The summed E-state index contributed by atoms with van der Waals surface area (Å²) in [6, 6.07) is 1.82. The number of nitrogens with zero attached hydrogens (tertiary/aromatic N) is 3. The van der Waals surface area contributed by atoms with Crippen LogP contribution in [0.15, 0.2) is 28.3 Å². The largest absolute Gasteiger partial charge is 0.416 e. The molecule has 1 amide bonds. The van der Waals surface area contributed by atoms with Crippen LogP contribution in [-0.4, -0.2) is 47.5 Å². The van der Waals surface area contributed by atoms with Gasteiger partial charge < -0.3 is 4.90 Å². The van der Waals surface area contributed by atoms with Crippen molar-refractivity contribution in [1.29, 1.82) is 0 Å². The number of halogens is 4. The Morgan fingerprint density at radius 2 is 1.88 bits per heavy atom. The number of rotatable bonds is 5. The van der Waals surface area contributed by atoms with Gasteiger partial charge in [-0.15, -0.1) is 5.10 Å². The summed E-state index contributed by atoms with van der Waals surface area (Å²) in [4.78, 5) is 16.6. The Morgan fingerprint density at radius 1 is 1.27 bits per heavy atom. The standard InChI is InChI=1S/C14H14ClF3N4O3S/c1-3-22(4-2)12(23)11-19-13(21-20-11)26(24,25)10-6-5-8(7-9(10)15)14(16,17)18/h5-7H,3-4H2,1-2H3,(H,19,20,21). The molecule has 0 fully saturated rings. The number of aromatic nitrogens is 3. The molecule has 26 heavy (non-hydrogen) atoms. The van der Waals surface area contributed by atoms with Gasteiger partial charge in [0.25, 0.3) is 11.1 Å². The molecule has 0 radical (unpaired) electrons.